The summed E-state index contributed by atoms with van der Waals surface area (Å²) in [5.74, 6) is -0.343. The Labute approximate surface area is 125 Å². The number of halogens is 2. The number of hydrogen-bond donors (Lipinski definition) is 1. The molecule has 2 saturated heterocycles. The SMILES string of the molecule is CN1C2CCCC1CC(NCc1ccc(F)c(Cl)c1)C2. The Hall–Kier alpha value is -0.640. The molecule has 0 aliphatic carbocycles. The molecule has 2 bridgehead atoms. The summed E-state index contributed by atoms with van der Waals surface area (Å²) in [4.78, 5) is 2.57. The van der Waals surface area contributed by atoms with Crippen molar-refractivity contribution in [3.8, 4) is 0 Å². The average Bonchev–Trinajstić information content (AvgIpc) is 2.41. The molecular weight excluding hydrogens is 275 g/mol. The van der Waals surface area contributed by atoms with Crippen molar-refractivity contribution in [2.24, 2.45) is 0 Å². The highest BCUT2D eigenvalue weighted by Crippen LogP contribution is 2.32. The maximum Gasteiger partial charge on any atom is 0.141 e. The van der Waals surface area contributed by atoms with Crippen LogP contribution in [0.15, 0.2) is 18.2 Å². The number of rotatable bonds is 3. The number of fused-ring (bicyclic) bond motifs is 2. The first-order chi connectivity index (χ1) is 9.63. The third kappa shape index (κ3) is 3.00. The van der Waals surface area contributed by atoms with Crippen LogP contribution in [0.2, 0.25) is 5.02 Å². The first kappa shape index (κ1) is 14.3. The molecule has 2 heterocycles. The first-order valence-corrected chi connectivity index (χ1v) is 7.90. The molecule has 1 aromatic carbocycles. The van der Waals surface area contributed by atoms with Gasteiger partial charge < -0.3 is 10.2 Å². The van der Waals surface area contributed by atoms with Crippen molar-refractivity contribution < 1.29 is 4.39 Å². The third-order valence-electron chi connectivity index (χ3n) is 4.92. The Balaban J connectivity index is 1.57. The summed E-state index contributed by atoms with van der Waals surface area (Å²) in [6.45, 7) is 0.772. The van der Waals surface area contributed by atoms with Gasteiger partial charge in [-0.05, 0) is 50.4 Å². The molecule has 4 heteroatoms. The molecule has 2 unspecified atom stereocenters. The summed E-state index contributed by atoms with van der Waals surface area (Å²) < 4.78 is 13.1. The van der Waals surface area contributed by atoms with Crippen LogP contribution in [0.25, 0.3) is 0 Å². The summed E-state index contributed by atoms with van der Waals surface area (Å²) in [6, 6.07) is 7.02. The Bertz CT molecular complexity index is 466. The van der Waals surface area contributed by atoms with E-state index < -0.39 is 0 Å². The normalized spacial score (nSPS) is 30.4. The minimum absolute atomic E-state index is 0.213. The second-order valence-corrected chi connectivity index (χ2v) is 6.61. The lowest BCUT2D eigenvalue weighted by atomic mass is 9.82. The van der Waals surface area contributed by atoms with Gasteiger partial charge in [0.15, 0.2) is 0 Å². The van der Waals surface area contributed by atoms with Crippen LogP contribution in [0.5, 0.6) is 0 Å². The van der Waals surface area contributed by atoms with Crippen LogP contribution in [0.1, 0.15) is 37.7 Å². The Morgan fingerprint density at radius 2 is 2.00 bits per heavy atom. The molecule has 0 saturated carbocycles. The minimum Gasteiger partial charge on any atom is -0.310 e. The highest BCUT2D eigenvalue weighted by atomic mass is 35.5. The average molecular weight is 297 g/mol. The van der Waals surface area contributed by atoms with Gasteiger partial charge in [-0.25, -0.2) is 4.39 Å². The largest absolute Gasteiger partial charge is 0.310 e. The van der Waals surface area contributed by atoms with Crippen molar-refractivity contribution in [2.45, 2.75) is 56.8 Å². The molecule has 3 rings (SSSR count). The molecule has 0 aromatic heterocycles. The number of nitrogens with one attached hydrogen (secondary N) is 1. The Morgan fingerprint density at radius 3 is 2.65 bits per heavy atom. The molecule has 110 valence electrons. The molecule has 2 nitrogen and oxygen atoms in total. The lowest BCUT2D eigenvalue weighted by Gasteiger charge is -2.47. The molecular formula is C16H22ClFN2. The predicted molar refractivity (Wildman–Crippen MR) is 80.5 cm³/mol. The monoisotopic (exact) mass is 296 g/mol. The fraction of sp³-hybridized carbons (Fsp3) is 0.625. The Kier molecular flexibility index (Phi) is 4.29. The van der Waals surface area contributed by atoms with Gasteiger partial charge in [0.1, 0.15) is 5.82 Å². The van der Waals surface area contributed by atoms with Crippen LogP contribution in [0, 0.1) is 5.82 Å². The third-order valence-corrected chi connectivity index (χ3v) is 5.21. The summed E-state index contributed by atoms with van der Waals surface area (Å²) in [5.41, 5.74) is 1.06. The van der Waals surface area contributed by atoms with E-state index in [4.69, 9.17) is 11.6 Å². The van der Waals surface area contributed by atoms with E-state index in [1.165, 1.54) is 38.2 Å². The molecule has 0 amide bonds. The molecule has 1 N–H and O–H groups in total. The molecule has 2 aliphatic rings. The number of benzene rings is 1. The van der Waals surface area contributed by atoms with Crippen molar-refractivity contribution in [2.75, 3.05) is 7.05 Å². The van der Waals surface area contributed by atoms with E-state index >= 15 is 0 Å². The molecule has 0 radical (unpaired) electrons. The summed E-state index contributed by atoms with van der Waals surface area (Å²) in [5, 5.41) is 3.84. The van der Waals surface area contributed by atoms with Gasteiger partial charge in [0.05, 0.1) is 5.02 Å². The van der Waals surface area contributed by atoms with Gasteiger partial charge in [-0.1, -0.05) is 24.1 Å². The zero-order chi connectivity index (χ0) is 14.1. The van der Waals surface area contributed by atoms with Gasteiger partial charge in [-0.15, -0.1) is 0 Å². The van der Waals surface area contributed by atoms with Crippen molar-refractivity contribution in [3.05, 3.63) is 34.6 Å². The van der Waals surface area contributed by atoms with Crippen LogP contribution in [-0.4, -0.2) is 30.1 Å². The second kappa shape index (κ2) is 6.00. The fourth-order valence-electron chi connectivity index (χ4n) is 3.69. The zero-order valence-electron chi connectivity index (χ0n) is 11.9. The predicted octanol–water partition coefficient (Wildman–Crippen LogP) is 3.58. The molecule has 2 atom stereocenters. The van der Waals surface area contributed by atoms with Crippen LogP contribution in [0.3, 0.4) is 0 Å². The molecule has 20 heavy (non-hydrogen) atoms. The highest BCUT2D eigenvalue weighted by molar-refractivity contribution is 6.30. The van der Waals surface area contributed by atoms with Gasteiger partial charge in [-0.2, -0.15) is 0 Å². The number of piperidine rings is 2. The van der Waals surface area contributed by atoms with Gasteiger partial charge in [0, 0.05) is 24.7 Å². The maximum absolute atomic E-state index is 13.1. The maximum atomic E-state index is 13.1. The first-order valence-electron chi connectivity index (χ1n) is 7.52. The quantitative estimate of drug-likeness (QED) is 0.917. The van der Waals surface area contributed by atoms with Gasteiger partial charge in [0.25, 0.3) is 0 Å². The molecule has 2 aliphatic heterocycles. The van der Waals surface area contributed by atoms with Crippen molar-refractivity contribution in [1.82, 2.24) is 10.2 Å². The van der Waals surface area contributed by atoms with Crippen molar-refractivity contribution in [1.29, 1.82) is 0 Å². The van der Waals surface area contributed by atoms with Gasteiger partial charge in [0.2, 0.25) is 0 Å². The summed E-state index contributed by atoms with van der Waals surface area (Å²) in [7, 11) is 2.27. The highest BCUT2D eigenvalue weighted by Gasteiger charge is 2.35. The van der Waals surface area contributed by atoms with E-state index in [0.29, 0.717) is 6.04 Å². The van der Waals surface area contributed by atoms with Gasteiger partial charge >= 0.3 is 0 Å². The number of nitrogens with zero attached hydrogens (tertiary/aromatic N) is 1. The van der Waals surface area contributed by atoms with Gasteiger partial charge in [-0.3, -0.25) is 0 Å². The molecule has 1 aromatic rings. The van der Waals surface area contributed by atoms with Crippen molar-refractivity contribution in [3.63, 3.8) is 0 Å². The van der Waals surface area contributed by atoms with E-state index in [2.05, 4.69) is 17.3 Å². The smallest absolute Gasteiger partial charge is 0.141 e. The molecule has 0 spiro atoms. The lowest BCUT2D eigenvalue weighted by Crippen LogP contribution is -2.54. The van der Waals surface area contributed by atoms with E-state index in [1.54, 1.807) is 6.07 Å². The van der Waals surface area contributed by atoms with E-state index in [1.807, 2.05) is 6.07 Å². The van der Waals surface area contributed by atoms with Crippen LogP contribution in [-0.2, 0) is 6.54 Å². The van der Waals surface area contributed by atoms with Crippen LogP contribution in [0.4, 0.5) is 4.39 Å². The van der Waals surface area contributed by atoms with E-state index in [-0.39, 0.29) is 10.8 Å². The standard InChI is InChI=1S/C16H22ClFN2/c1-20-13-3-2-4-14(20)9-12(8-13)19-10-11-5-6-16(18)15(17)7-11/h5-7,12-14,19H,2-4,8-10H2,1H3. The zero-order valence-corrected chi connectivity index (χ0v) is 12.7. The minimum atomic E-state index is -0.343. The Morgan fingerprint density at radius 1 is 1.30 bits per heavy atom. The van der Waals surface area contributed by atoms with E-state index in [9.17, 15) is 4.39 Å². The summed E-state index contributed by atoms with van der Waals surface area (Å²) in [6.07, 6.45) is 6.48. The van der Waals surface area contributed by atoms with E-state index in [0.717, 1.165) is 24.2 Å². The fourth-order valence-corrected chi connectivity index (χ4v) is 3.90. The van der Waals surface area contributed by atoms with Crippen LogP contribution >= 0.6 is 11.6 Å². The lowest BCUT2D eigenvalue weighted by molar-refractivity contribution is 0.0482. The molecule has 2 fully saturated rings. The topological polar surface area (TPSA) is 15.3 Å². The van der Waals surface area contributed by atoms with Crippen molar-refractivity contribution >= 4 is 11.6 Å². The number of hydrogen-bond acceptors (Lipinski definition) is 2. The second-order valence-electron chi connectivity index (χ2n) is 6.20. The van der Waals surface area contributed by atoms with Crippen LogP contribution < -0.4 is 5.32 Å². The summed E-state index contributed by atoms with van der Waals surface area (Å²) >= 11 is 5.82.